The van der Waals surface area contributed by atoms with E-state index in [2.05, 4.69) is 38.6 Å². The Morgan fingerprint density at radius 3 is 2.94 bits per heavy atom. The van der Waals surface area contributed by atoms with Gasteiger partial charge in [-0.2, -0.15) is 0 Å². The number of rotatable bonds is 4. The highest BCUT2D eigenvalue weighted by Crippen LogP contribution is 2.09. The van der Waals surface area contributed by atoms with Crippen LogP contribution in [0.4, 0.5) is 0 Å². The summed E-state index contributed by atoms with van der Waals surface area (Å²) in [5, 5.41) is 5.19. The molecule has 17 heavy (non-hydrogen) atoms. The molecule has 0 saturated carbocycles. The lowest BCUT2D eigenvalue weighted by Gasteiger charge is -2.20. The molecule has 0 unspecified atom stereocenters. The van der Waals surface area contributed by atoms with Crippen molar-refractivity contribution in [2.24, 2.45) is 4.99 Å². The van der Waals surface area contributed by atoms with Crippen molar-refractivity contribution in [2.75, 3.05) is 27.2 Å². The molecule has 94 valence electrons. The van der Waals surface area contributed by atoms with E-state index in [1.807, 2.05) is 7.05 Å². The summed E-state index contributed by atoms with van der Waals surface area (Å²) in [7, 11) is 3.78. The molecule has 0 atom stereocenters. The summed E-state index contributed by atoms with van der Waals surface area (Å²) in [5.74, 6) is 3.38. The Bertz CT molecular complexity index is 368. The first-order valence-electron chi connectivity index (χ1n) is 5.15. The molecule has 1 heterocycles. The third-order valence-electron chi connectivity index (χ3n) is 2.20. The van der Waals surface area contributed by atoms with Crippen LogP contribution in [0.1, 0.15) is 4.88 Å². The van der Waals surface area contributed by atoms with Crippen molar-refractivity contribution in [2.45, 2.75) is 6.42 Å². The highest BCUT2D eigenvalue weighted by Gasteiger charge is 2.04. The molecule has 0 aliphatic heterocycles. The van der Waals surface area contributed by atoms with E-state index in [0.29, 0.717) is 6.54 Å². The Morgan fingerprint density at radius 1 is 1.65 bits per heavy atom. The van der Waals surface area contributed by atoms with Gasteiger partial charge < -0.3 is 10.2 Å². The molecule has 5 heteroatoms. The number of hydrogen-bond donors (Lipinski definition) is 1. The minimum Gasteiger partial charge on any atom is -0.346 e. The topological polar surface area (TPSA) is 27.6 Å². The first-order valence-corrected chi connectivity index (χ1v) is 6.03. The summed E-state index contributed by atoms with van der Waals surface area (Å²) in [6, 6.07) is 4.22. The molecule has 1 aromatic heterocycles. The summed E-state index contributed by atoms with van der Waals surface area (Å²) >= 11 is 1.78. The van der Waals surface area contributed by atoms with Gasteiger partial charge in [0.05, 0.1) is 6.54 Å². The van der Waals surface area contributed by atoms with Crippen molar-refractivity contribution >= 4 is 41.3 Å². The predicted octanol–water partition coefficient (Wildman–Crippen LogP) is 2.05. The van der Waals surface area contributed by atoms with E-state index in [1.54, 1.807) is 18.4 Å². The van der Waals surface area contributed by atoms with Crippen LogP contribution in [0.5, 0.6) is 0 Å². The van der Waals surface area contributed by atoms with Gasteiger partial charge in [0.25, 0.3) is 0 Å². The first-order chi connectivity index (χ1) is 7.77. The molecular formula is C12H18IN3S. The number of guanidine groups is 1. The van der Waals surface area contributed by atoms with Gasteiger partial charge in [-0.1, -0.05) is 12.0 Å². The molecule has 0 aromatic carbocycles. The second-order valence-electron chi connectivity index (χ2n) is 3.36. The number of hydrogen-bond acceptors (Lipinski definition) is 2. The molecule has 0 fully saturated rings. The van der Waals surface area contributed by atoms with E-state index in [-0.39, 0.29) is 24.0 Å². The van der Waals surface area contributed by atoms with E-state index in [0.717, 1.165) is 18.9 Å². The van der Waals surface area contributed by atoms with Gasteiger partial charge in [-0.3, -0.25) is 4.99 Å². The SMILES string of the molecule is C#CCNC(=NC)N(C)CCc1cccs1.I. The average molecular weight is 363 g/mol. The van der Waals surface area contributed by atoms with Gasteiger partial charge >= 0.3 is 0 Å². The molecule has 0 spiro atoms. The summed E-state index contributed by atoms with van der Waals surface area (Å²) in [5.41, 5.74) is 0. The third-order valence-corrected chi connectivity index (χ3v) is 3.13. The zero-order valence-electron chi connectivity index (χ0n) is 10.1. The third kappa shape index (κ3) is 5.94. The van der Waals surface area contributed by atoms with E-state index >= 15 is 0 Å². The van der Waals surface area contributed by atoms with Crippen molar-refractivity contribution < 1.29 is 0 Å². The smallest absolute Gasteiger partial charge is 0.194 e. The molecule has 3 nitrogen and oxygen atoms in total. The number of nitrogens with one attached hydrogen (secondary N) is 1. The molecule has 1 N–H and O–H groups in total. The van der Waals surface area contributed by atoms with E-state index in [9.17, 15) is 0 Å². The molecule has 0 aliphatic rings. The molecule has 0 aliphatic carbocycles. The maximum Gasteiger partial charge on any atom is 0.194 e. The summed E-state index contributed by atoms with van der Waals surface area (Å²) in [4.78, 5) is 7.63. The molecule has 1 rings (SSSR count). The second-order valence-corrected chi connectivity index (χ2v) is 4.39. The number of thiophene rings is 1. The average Bonchev–Trinajstić information content (AvgIpc) is 2.80. The molecular weight excluding hydrogens is 345 g/mol. The quantitative estimate of drug-likeness (QED) is 0.384. The van der Waals surface area contributed by atoms with Crippen molar-refractivity contribution in [3.05, 3.63) is 22.4 Å². The van der Waals surface area contributed by atoms with E-state index < -0.39 is 0 Å². The lowest BCUT2D eigenvalue weighted by atomic mass is 10.3. The number of halogens is 1. The van der Waals surface area contributed by atoms with Gasteiger partial charge in [0, 0.05) is 25.5 Å². The maximum atomic E-state index is 5.20. The van der Waals surface area contributed by atoms with Crippen LogP contribution >= 0.6 is 35.3 Å². The molecule has 1 aromatic rings. The monoisotopic (exact) mass is 363 g/mol. The summed E-state index contributed by atoms with van der Waals surface area (Å²) < 4.78 is 0. The Balaban J connectivity index is 0.00000256. The minimum atomic E-state index is 0. The Kier molecular flexibility index (Phi) is 8.90. The van der Waals surface area contributed by atoms with Crippen LogP contribution in [-0.4, -0.2) is 38.0 Å². The lowest BCUT2D eigenvalue weighted by Crippen LogP contribution is -2.39. The second kappa shape index (κ2) is 9.31. The van der Waals surface area contributed by atoms with Crippen LogP contribution in [0.2, 0.25) is 0 Å². The van der Waals surface area contributed by atoms with Crippen molar-refractivity contribution in [3.8, 4) is 12.3 Å². The Hall–Kier alpha value is -0.740. The molecule has 0 radical (unpaired) electrons. The number of nitrogens with zero attached hydrogens (tertiary/aromatic N) is 2. The van der Waals surface area contributed by atoms with Crippen molar-refractivity contribution in [1.29, 1.82) is 0 Å². The van der Waals surface area contributed by atoms with Crippen LogP contribution in [0.15, 0.2) is 22.5 Å². The standard InChI is InChI=1S/C12H17N3S.HI/c1-4-8-14-12(13-2)15(3)9-7-11-6-5-10-16-11;/h1,5-6,10H,7-9H2,2-3H3,(H,13,14);1H. The zero-order chi connectivity index (χ0) is 11.8. The van der Waals surface area contributed by atoms with Crippen molar-refractivity contribution in [1.82, 2.24) is 10.2 Å². The Morgan fingerprint density at radius 2 is 2.41 bits per heavy atom. The van der Waals surface area contributed by atoms with Gasteiger partial charge in [-0.25, -0.2) is 0 Å². The van der Waals surface area contributed by atoms with E-state index in [1.165, 1.54) is 4.88 Å². The zero-order valence-corrected chi connectivity index (χ0v) is 13.3. The number of aliphatic imine (C=N–C) groups is 1. The van der Waals surface area contributed by atoms with Gasteiger partial charge in [-0.05, 0) is 17.9 Å². The fourth-order valence-electron chi connectivity index (χ4n) is 1.35. The minimum absolute atomic E-state index is 0. The molecule has 0 saturated heterocycles. The highest BCUT2D eigenvalue weighted by molar-refractivity contribution is 14.0. The van der Waals surface area contributed by atoms with Gasteiger partial charge in [0.1, 0.15) is 0 Å². The number of likely N-dealkylation sites (N-methyl/N-ethyl adjacent to an activating group) is 1. The Labute approximate surface area is 124 Å². The molecule has 0 amide bonds. The number of terminal acetylenes is 1. The fourth-order valence-corrected chi connectivity index (χ4v) is 2.05. The highest BCUT2D eigenvalue weighted by atomic mass is 127. The van der Waals surface area contributed by atoms with Gasteiger partial charge in [-0.15, -0.1) is 41.7 Å². The van der Waals surface area contributed by atoms with E-state index in [4.69, 9.17) is 6.42 Å². The summed E-state index contributed by atoms with van der Waals surface area (Å²) in [6.07, 6.45) is 6.23. The van der Waals surface area contributed by atoms with Crippen LogP contribution in [0.3, 0.4) is 0 Å². The lowest BCUT2D eigenvalue weighted by molar-refractivity contribution is 0.491. The normalized spacial score (nSPS) is 10.3. The molecule has 0 bridgehead atoms. The van der Waals surface area contributed by atoms with Crippen LogP contribution < -0.4 is 5.32 Å². The van der Waals surface area contributed by atoms with Crippen LogP contribution in [0.25, 0.3) is 0 Å². The van der Waals surface area contributed by atoms with Gasteiger partial charge in [0.15, 0.2) is 5.96 Å². The predicted molar refractivity (Wildman–Crippen MR) is 86.3 cm³/mol. The van der Waals surface area contributed by atoms with Gasteiger partial charge in [0.2, 0.25) is 0 Å². The fraction of sp³-hybridized carbons (Fsp3) is 0.417. The summed E-state index contributed by atoms with van der Waals surface area (Å²) in [6.45, 7) is 1.45. The largest absolute Gasteiger partial charge is 0.346 e. The maximum absolute atomic E-state index is 5.20. The van der Waals surface area contributed by atoms with Crippen molar-refractivity contribution in [3.63, 3.8) is 0 Å². The van der Waals surface area contributed by atoms with Crippen LogP contribution in [-0.2, 0) is 6.42 Å². The van der Waals surface area contributed by atoms with Crippen LogP contribution in [0, 0.1) is 12.3 Å². The first kappa shape index (κ1) is 16.3.